The second kappa shape index (κ2) is 24.4. The summed E-state index contributed by atoms with van der Waals surface area (Å²) in [5, 5.41) is 0. The molecular formula is C70H82O2. The van der Waals surface area contributed by atoms with E-state index < -0.39 is 0 Å². The standard InChI is InChI=1S/C70H82O2/c1-15-17-19-21-33-71-65-43-58(30-32-60-63(69-53(11)39-47(5)40-54(69)12)27-24-28-64(60)70-55(13)41-48(6)42-56(70)14)66(72-34-22-20-18-16-2)44-57(65)29-31-59-61(67-49(7)35-45(3)36-50(67)8)25-23-26-62(59)68-51(9)37-46(4)38-52(68)10/h23-32,35-44H,15-22,33-34H2,1-14H3/b31-29+,32-30+. The van der Waals surface area contributed by atoms with Crippen LogP contribution in [0.4, 0.5) is 0 Å². The monoisotopic (exact) mass is 955 g/mol. The number of benzene rings is 7. The minimum Gasteiger partial charge on any atom is -0.493 e. The molecule has 0 saturated carbocycles. The number of rotatable bonds is 20. The van der Waals surface area contributed by atoms with E-state index in [4.69, 9.17) is 9.47 Å². The summed E-state index contributed by atoms with van der Waals surface area (Å²) in [6.07, 6.45) is 18.3. The Morgan fingerprint density at radius 1 is 0.319 bits per heavy atom. The van der Waals surface area contributed by atoms with Gasteiger partial charge in [0.15, 0.2) is 0 Å². The third-order valence-electron chi connectivity index (χ3n) is 14.5. The van der Waals surface area contributed by atoms with Gasteiger partial charge < -0.3 is 9.47 Å². The summed E-state index contributed by atoms with van der Waals surface area (Å²) in [6, 6.07) is 36.8. The topological polar surface area (TPSA) is 18.5 Å². The maximum Gasteiger partial charge on any atom is 0.127 e. The minimum atomic E-state index is 0.650. The molecule has 0 amide bonds. The highest BCUT2D eigenvalue weighted by atomic mass is 16.5. The fourth-order valence-corrected chi connectivity index (χ4v) is 11.7. The van der Waals surface area contributed by atoms with Gasteiger partial charge in [-0.1, -0.05) is 184 Å². The maximum atomic E-state index is 6.94. The molecule has 0 aromatic heterocycles. The Morgan fingerprint density at radius 2 is 0.583 bits per heavy atom. The molecule has 0 aliphatic carbocycles. The molecule has 7 aromatic rings. The Kier molecular flexibility index (Phi) is 18.1. The first-order chi connectivity index (χ1) is 34.6. The smallest absolute Gasteiger partial charge is 0.127 e. The van der Waals surface area contributed by atoms with Gasteiger partial charge in [0.05, 0.1) is 13.2 Å². The molecule has 7 aromatic carbocycles. The van der Waals surface area contributed by atoms with E-state index in [-0.39, 0.29) is 0 Å². The first-order valence-electron chi connectivity index (χ1n) is 27.0. The normalized spacial score (nSPS) is 11.6. The molecule has 0 atom stereocenters. The summed E-state index contributed by atoms with van der Waals surface area (Å²) in [5.41, 5.74) is 30.0. The molecule has 0 bridgehead atoms. The van der Waals surface area contributed by atoms with Crippen molar-refractivity contribution in [3.05, 3.63) is 186 Å². The second-order valence-electron chi connectivity index (χ2n) is 21.0. The Labute approximate surface area is 435 Å². The predicted molar refractivity (Wildman–Crippen MR) is 315 cm³/mol. The number of aryl methyl sites for hydroxylation is 12. The molecule has 374 valence electrons. The summed E-state index contributed by atoms with van der Waals surface area (Å²) in [7, 11) is 0. The van der Waals surface area contributed by atoms with Crippen molar-refractivity contribution in [1.82, 2.24) is 0 Å². The lowest BCUT2D eigenvalue weighted by molar-refractivity contribution is 0.296. The molecule has 0 heterocycles. The summed E-state index contributed by atoms with van der Waals surface area (Å²) < 4.78 is 13.9. The van der Waals surface area contributed by atoms with Crippen molar-refractivity contribution in [2.45, 2.75) is 148 Å². The summed E-state index contributed by atoms with van der Waals surface area (Å²) in [4.78, 5) is 0. The fraction of sp³-hybridized carbons (Fsp3) is 0.343. The Morgan fingerprint density at radius 3 is 0.833 bits per heavy atom. The van der Waals surface area contributed by atoms with Gasteiger partial charge >= 0.3 is 0 Å². The lowest BCUT2D eigenvalue weighted by atomic mass is 9.84. The van der Waals surface area contributed by atoms with Crippen molar-refractivity contribution in [2.75, 3.05) is 13.2 Å². The van der Waals surface area contributed by atoms with Crippen molar-refractivity contribution in [2.24, 2.45) is 0 Å². The minimum absolute atomic E-state index is 0.650. The zero-order valence-corrected chi connectivity index (χ0v) is 46.4. The van der Waals surface area contributed by atoms with Crippen LogP contribution in [0, 0.1) is 83.1 Å². The van der Waals surface area contributed by atoms with Gasteiger partial charge in [0.25, 0.3) is 0 Å². The summed E-state index contributed by atoms with van der Waals surface area (Å²) >= 11 is 0. The zero-order valence-electron chi connectivity index (χ0n) is 46.4. The molecule has 2 nitrogen and oxygen atoms in total. The van der Waals surface area contributed by atoms with Gasteiger partial charge in [0.1, 0.15) is 11.5 Å². The van der Waals surface area contributed by atoms with Gasteiger partial charge in [-0.05, 0) is 208 Å². The molecule has 0 N–H and O–H groups in total. The van der Waals surface area contributed by atoms with Crippen LogP contribution in [0.25, 0.3) is 68.8 Å². The number of unbranched alkanes of at least 4 members (excludes halogenated alkanes) is 6. The first-order valence-corrected chi connectivity index (χ1v) is 27.0. The van der Waals surface area contributed by atoms with Gasteiger partial charge in [-0.15, -0.1) is 0 Å². The van der Waals surface area contributed by atoms with Gasteiger partial charge in [-0.2, -0.15) is 0 Å². The lowest BCUT2D eigenvalue weighted by Gasteiger charge is -2.20. The van der Waals surface area contributed by atoms with E-state index in [2.05, 4.69) is 218 Å². The van der Waals surface area contributed by atoms with Gasteiger partial charge in [0, 0.05) is 11.1 Å². The van der Waals surface area contributed by atoms with Gasteiger partial charge in [-0.25, -0.2) is 0 Å². The maximum absolute atomic E-state index is 6.94. The van der Waals surface area contributed by atoms with E-state index in [1.54, 1.807) is 0 Å². The SMILES string of the molecule is CCCCCCOc1cc(/C=C/c2c(-c3c(C)cc(C)cc3C)cccc2-c2c(C)cc(C)cc2C)c(OCCCCCC)cc1/C=C/c1c(-c2c(C)cc(C)cc2C)cccc1-c1c(C)cc(C)cc1C. The highest BCUT2D eigenvalue weighted by molar-refractivity contribution is 5.95. The molecule has 72 heavy (non-hydrogen) atoms. The van der Waals surface area contributed by atoms with Crippen LogP contribution in [-0.4, -0.2) is 13.2 Å². The molecule has 0 saturated heterocycles. The largest absolute Gasteiger partial charge is 0.493 e. The Hall–Kier alpha value is -6.38. The molecular weight excluding hydrogens is 873 g/mol. The van der Waals surface area contributed by atoms with Crippen molar-refractivity contribution >= 4 is 24.3 Å². The molecule has 7 rings (SSSR count). The average Bonchev–Trinajstić information content (AvgIpc) is 3.30. The predicted octanol–water partition coefficient (Wildman–Crippen LogP) is 20.3. The highest BCUT2D eigenvalue weighted by Gasteiger charge is 2.20. The van der Waals surface area contributed by atoms with E-state index >= 15 is 0 Å². The molecule has 0 radical (unpaired) electrons. The summed E-state index contributed by atoms with van der Waals surface area (Å²) in [5.74, 6) is 1.74. The highest BCUT2D eigenvalue weighted by Crippen LogP contribution is 2.43. The number of hydrogen-bond acceptors (Lipinski definition) is 2. The molecule has 0 aliphatic heterocycles. The third kappa shape index (κ3) is 12.4. The van der Waals surface area contributed by atoms with E-state index in [1.807, 2.05) is 0 Å². The number of ether oxygens (including phenoxy) is 2. The van der Waals surface area contributed by atoms with E-state index in [0.29, 0.717) is 13.2 Å². The van der Waals surface area contributed by atoms with Crippen LogP contribution in [0.2, 0.25) is 0 Å². The van der Waals surface area contributed by atoms with E-state index in [0.717, 1.165) is 48.3 Å². The Bertz CT molecular complexity index is 2660. The van der Waals surface area contributed by atoms with Crippen molar-refractivity contribution in [3.63, 3.8) is 0 Å². The van der Waals surface area contributed by atoms with E-state index in [1.165, 1.54) is 148 Å². The zero-order chi connectivity index (χ0) is 51.6. The van der Waals surface area contributed by atoms with E-state index in [9.17, 15) is 0 Å². The van der Waals surface area contributed by atoms with Crippen LogP contribution >= 0.6 is 0 Å². The van der Waals surface area contributed by atoms with Crippen molar-refractivity contribution in [1.29, 1.82) is 0 Å². The summed E-state index contributed by atoms with van der Waals surface area (Å²) in [6.45, 7) is 32.7. The van der Waals surface area contributed by atoms with Crippen LogP contribution in [0.1, 0.15) is 154 Å². The number of hydrogen-bond donors (Lipinski definition) is 0. The molecule has 0 unspecified atom stereocenters. The fourth-order valence-electron chi connectivity index (χ4n) is 11.7. The van der Waals surface area contributed by atoms with Crippen molar-refractivity contribution < 1.29 is 9.47 Å². The Balaban J connectivity index is 1.47. The first kappa shape index (κ1) is 53.4. The average molecular weight is 955 g/mol. The molecule has 0 fully saturated rings. The quantitative estimate of drug-likeness (QED) is 0.0560. The van der Waals surface area contributed by atoms with Crippen LogP contribution in [-0.2, 0) is 0 Å². The molecule has 0 aliphatic rings. The van der Waals surface area contributed by atoms with Crippen LogP contribution < -0.4 is 9.47 Å². The van der Waals surface area contributed by atoms with Gasteiger partial charge in [0.2, 0.25) is 0 Å². The molecule has 0 spiro atoms. The molecule has 2 heteroatoms. The van der Waals surface area contributed by atoms with Crippen molar-refractivity contribution in [3.8, 4) is 56.0 Å². The van der Waals surface area contributed by atoms with Crippen LogP contribution in [0.15, 0.2) is 97.1 Å². The third-order valence-corrected chi connectivity index (χ3v) is 14.5. The second-order valence-corrected chi connectivity index (χ2v) is 21.0. The van der Waals surface area contributed by atoms with Crippen LogP contribution in [0.5, 0.6) is 11.5 Å². The van der Waals surface area contributed by atoms with Gasteiger partial charge in [-0.3, -0.25) is 0 Å². The van der Waals surface area contributed by atoms with Crippen LogP contribution in [0.3, 0.4) is 0 Å². The lowest BCUT2D eigenvalue weighted by Crippen LogP contribution is -2.03.